The fourth-order valence-electron chi connectivity index (χ4n) is 2.40. The first-order chi connectivity index (χ1) is 13.9. The van der Waals surface area contributed by atoms with Crippen LogP contribution in [0.25, 0.3) is 0 Å². The number of carbonyl (C=O) groups excluding carboxylic acids is 2. The SMILES string of the molecule is COc1ccc(CNC(=O)CC(C)=NNC(=O)Cc2ccc([N+](=O)[O-])cc2)cc1. The Labute approximate surface area is 167 Å². The Kier molecular flexibility index (Phi) is 7.84. The predicted octanol–water partition coefficient (Wildman–Crippen LogP) is 2.34. The van der Waals surface area contributed by atoms with Crippen LogP contribution in [0.15, 0.2) is 53.6 Å². The third-order valence-electron chi connectivity index (χ3n) is 3.95. The van der Waals surface area contributed by atoms with Crippen molar-refractivity contribution in [2.24, 2.45) is 5.10 Å². The summed E-state index contributed by atoms with van der Waals surface area (Å²) in [5, 5.41) is 17.3. The van der Waals surface area contributed by atoms with Gasteiger partial charge in [0.2, 0.25) is 11.8 Å². The Balaban J connectivity index is 1.75. The van der Waals surface area contributed by atoms with Crippen LogP contribution >= 0.6 is 0 Å². The summed E-state index contributed by atoms with van der Waals surface area (Å²) in [6.45, 7) is 2.02. The summed E-state index contributed by atoms with van der Waals surface area (Å²) < 4.78 is 5.08. The summed E-state index contributed by atoms with van der Waals surface area (Å²) >= 11 is 0. The second-order valence-electron chi connectivity index (χ2n) is 6.28. The van der Waals surface area contributed by atoms with Crippen LogP contribution in [-0.2, 0) is 22.6 Å². The standard InChI is InChI=1S/C20H22N4O5/c1-14(11-19(25)21-13-16-5-9-18(29-2)10-6-16)22-23-20(26)12-15-3-7-17(8-4-15)24(27)28/h3-10H,11-13H2,1-2H3,(H,21,25)(H,23,26). The van der Waals surface area contributed by atoms with E-state index in [-0.39, 0.29) is 30.3 Å². The first kappa shape index (κ1) is 21.5. The van der Waals surface area contributed by atoms with Gasteiger partial charge in [-0.2, -0.15) is 5.10 Å². The van der Waals surface area contributed by atoms with Gasteiger partial charge in [0.1, 0.15) is 5.75 Å². The lowest BCUT2D eigenvalue weighted by atomic mass is 10.1. The zero-order chi connectivity index (χ0) is 21.2. The minimum Gasteiger partial charge on any atom is -0.497 e. The number of nitro benzene ring substituents is 1. The first-order valence-corrected chi connectivity index (χ1v) is 8.82. The van der Waals surface area contributed by atoms with Crippen LogP contribution < -0.4 is 15.5 Å². The van der Waals surface area contributed by atoms with Crippen LogP contribution in [0, 0.1) is 10.1 Å². The highest BCUT2D eigenvalue weighted by Gasteiger charge is 2.08. The van der Waals surface area contributed by atoms with Gasteiger partial charge in [0.25, 0.3) is 5.69 Å². The van der Waals surface area contributed by atoms with E-state index in [9.17, 15) is 19.7 Å². The van der Waals surface area contributed by atoms with Crippen molar-refractivity contribution in [2.75, 3.05) is 7.11 Å². The van der Waals surface area contributed by atoms with Gasteiger partial charge in [-0.05, 0) is 30.2 Å². The number of nitro groups is 1. The normalized spacial score (nSPS) is 10.9. The molecule has 0 aliphatic rings. The summed E-state index contributed by atoms with van der Waals surface area (Å²) in [5.41, 5.74) is 4.35. The molecule has 29 heavy (non-hydrogen) atoms. The quantitative estimate of drug-likeness (QED) is 0.381. The van der Waals surface area contributed by atoms with Gasteiger partial charge in [-0.15, -0.1) is 0 Å². The second-order valence-corrected chi connectivity index (χ2v) is 6.28. The second kappa shape index (κ2) is 10.5. The van der Waals surface area contributed by atoms with Gasteiger partial charge < -0.3 is 10.1 Å². The van der Waals surface area contributed by atoms with Crippen molar-refractivity contribution < 1.29 is 19.2 Å². The zero-order valence-electron chi connectivity index (χ0n) is 16.2. The number of nitrogens with zero attached hydrogens (tertiary/aromatic N) is 2. The van der Waals surface area contributed by atoms with Gasteiger partial charge in [-0.3, -0.25) is 19.7 Å². The number of amides is 2. The molecule has 0 bridgehead atoms. The van der Waals surface area contributed by atoms with E-state index in [0.717, 1.165) is 11.3 Å². The number of ether oxygens (including phenoxy) is 1. The van der Waals surface area contributed by atoms with Crippen molar-refractivity contribution in [1.29, 1.82) is 0 Å². The van der Waals surface area contributed by atoms with E-state index in [1.165, 1.54) is 24.3 Å². The van der Waals surface area contributed by atoms with Crippen molar-refractivity contribution in [3.63, 3.8) is 0 Å². The monoisotopic (exact) mass is 398 g/mol. The maximum atomic E-state index is 12.0. The number of rotatable bonds is 9. The van der Waals surface area contributed by atoms with Crippen LogP contribution in [0.1, 0.15) is 24.5 Å². The molecule has 2 amide bonds. The first-order valence-electron chi connectivity index (χ1n) is 8.82. The Morgan fingerprint density at radius 2 is 1.66 bits per heavy atom. The largest absolute Gasteiger partial charge is 0.497 e. The number of non-ortho nitro benzene ring substituents is 1. The highest BCUT2D eigenvalue weighted by atomic mass is 16.6. The van der Waals surface area contributed by atoms with Crippen LogP contribution in [0.3, 0.4) is 0 Å². The van der Waals surface area contributed by atoms with Gasteiger partial charge in [0.15, 0.2) is 0 Å². The Morgan fingerprint density at radius 1 is 1.03 bits per heavy atom. The summed E-state index contributed by atoms with van der Waals surface area (Å²) in [7, 11) is 1.59. The van der Waals surface area contributed by atoms with E-state index < -0.39 is 4.92 Å². The molecule has 0 unspecified atom stereocenters. The molecule has 2 aromatic rings. The minimum absolute atomic E-state index is 0.0262. The lowest BCUT2D eigenvalue weighted by Crippen LogP contribution is -2.26. The average molecular weight is 398 g/mol. The van der Waals surface area contributed by atoms with Gasteiger partial charge >= 0.3 is 0 Å². The van der Waals surface area contributed by atoms with Gasteiger partial charge in [-0.25, -0.2) is 5.43 Å². The average Bonchev–Trinajstić information content (AvgIpc) is 2.71. The molecule has 0 aliphatic heterocycles. The van der Waals surface area contributed by atoms with Gasteiger partial charge in [0.05, 0.1) is 24.9 Å². The van der Waals surface area contributed by atoms with Crippen molar-refractivity contribution in [3.05, 3.63) is 69.8 Å². The fourth-order valence-corrected chi connectivity index (χ4v) is 2.40. The van der Waals surface area contributed by atoms with E-state index >= 15 is 0 Å². The van der Waals surface area contributed by atoms with E-state index in [2.05, 4.69) is 15.8 Å². The number of nitrogens with one attached hydrogen (secondary N) is 2. The smallest absolute Gasteiger partial charge is 0.269 e. The van der Waals surface area contributed by atoms with Crippen LogP contribution in [0.4, 0.5) is 5.69 Å². The van der Waals surface area contributed by atoms with Crippen LogP contribution in [-0.4, -0.2) is 29.6 Å². The highest BCUT2D eigenvalue weighted by molar-refractivity contribution is 6.00. The molecule has 2 aromatic carbocycles. The van der Waals surface area contributed by atoms with Crippen molar-refractivity contribution in [3.8, 4) is 5.75 Å². The summed E-state index contributed by atoms with van der Waals surface area (Å²) in [4.78, 5) is 34.0. The number of hydrogen-bond donors (Lipinski definition) is 2. The molecule has 152 valence electrons. The summed E-state index contributed by atoms with van der Waals surface area (Å²) in [6, 6.07) is 13.1. The molecule has 2 N–H and O–H groups in total. The van der Waals surface area contributed by atoms with E-state index in [1.807, 2.05) is 24.3 Å². The number of carbonyl (C=O) groups is 2. The summed E-state index contributed by atoms with van der Waals surface area (Å²) in [6.07, 6.45) is 0.0758. The molecule has 0 aromatic heterocycles. The molecule has 0 saturated carbocycles. The van der Waals surface area contributed by atoms with Crippen molar-refractivity contribution in [2.45, 2.75) is 26.3 Å². The lowest BCUT2D eigenvalue weighted by molar-refractivity contribution is -0.384. The molecule has 9 heteroatoms. The third kappa shape index (κ3) is 7.41. The molecule has 9 nitrogen and oxygen atoms in total. The summed E-state index contributed by atoms with van der Waals surface area (Å²) in [5.74, 6) is 0.149. The number of hydrazone groups is 1. The van der Waals surface area contributed by atoms with Crippen LogP contribution in [0.5, 0.6) is 5.75 Å². The topological polar surface area (TPSA) is 123 Å². The predicted molar refractivity (Wildman–Crippen MR) is 108 cm³/mol. The van der Waals surface area contributed by atoms with Crippen LogP contribution in [0.2, 0.25) is 0 Å². The maximum absolute atomic E-state index is 12.0. The Bertz CT molecular complexity index is 892. The molecule has 2 rings (SSSR count). The fraction of sp³-hybridized carbons (Fsp3) is 0.250. The maximum Gasteiger partial charge on any atom is 0.269 e. The molecular formula is C20H22N4O5. The lowest BCUT2D eigenvalue weighted by Gasteiger charge is -2.07. The zero-order valence-corrected chi connectivity index (χ0v) is 16.2. The molecule has 0 saturated heterocycles. The molecule has 0 fully saturated rings. The van der Waals surface area contributed by atoms with E-state index in [0.29, 0.717) is 17.8 Å². The van der Waals surface area contributed by atoms with Crippen molar-refractivity contribution in [1.82, 2.24) is 10.7 Å². The Morgan fingerprint density at radius 3 is 2.24 bits per heavy atom. The highest BCUT2D eigenvalue weighted by Crippen LogP contribution is 2.12. The number of methoxy groups -OCH3 is 1. The molecular weight excluding hydrogens is 376 g/mol. The molecule has 0 aliphatic carbocycles. The number of benzene rings is 2. The minimum atomic E-state index is -0.503. The van der Waals surface area contributed by atoms with Gasteiger partial charge in [0, 0.05) is 24.4 Å². The third-order valence-corrected chi connectivity index (χ3v) is 3.95. The Hall–Kier alpha value is -3.75. The molecule has 0 radical (unpaired) electrons. The molecule has 0 spiro atoms. The van der Waals surface area contributed by atoms with E-state index in [1.54, 1.807) is 14.0 Å². The van der Waals surface area contributed by atoms with Crippen molar-refractivity contribution >= 4 is 23.2 Å². The van der Waals surface area contributed by atoms with Gasteiger partial charge in [-0.1, -0.05) is 24.3 Å². The number of hydrogen-bond acceptors (Lipinski definition) is 6. The molecule has 0 atom stereocenters. The molecule has 0 heterocycles. The van der Waals surface area contributed by atoms with E-state index in [4.69, 9.17) is 4.74 Å².